The second-order valence-electron chi connectivity index (χ2n) is 7.06. The summed E-state index contributed by atoms with van der Waals surface area (Å²) in [5.74, 6) is 0.155. The van der Waals surface area contributed by atoms with Crippen molar-refractivity contribution in [1.82, 2.24) is 10.1 Å². The van der Waals surface area contributed by atoms with Crippen molar-refractivity contribution in [3.05, 3.63) is 76.9 Å². The lowest BCUT2D eigenvalue weighted by molar-refractivity contribution is 0.0670. The molecular weight excluding hydrogens is 412 g/mol. The molecule has 2 heterocycles. The van der Waals surface area contributed by atoms with Crippen LogP contribution in [0.2, 0.25) is 5.02 Å². The summed E-state index contributed by atoms with van der Waals surface area (Å²) >= 11 is 5.91. The maximum Gasteiger partial charge on any atom is 0.276 e. The van der Waals surface area contributed by atoms with Crippen molar-refractivity contribution in [2.24, 2.45) is 0 Å². The number of carbonyl (C=O) groups excluding carboxylic acids is 1. The first-order chi connectivity index (χ1) is 13.9. The van der Waals surface area contributed by atoms with E-state index >= 15 is 0 Å². The van der Waals surface area contributed by atoms with Crippen LogP contribution in [0.1, 0.15) is 22.5 Å². The fraction of sp³-hybridized carbons (Fsp3) is 0.238. The van der Waals surface area contributed by atoms with E-state index in [0.717, 1.165) is 11.1 Å². The van der Waals surface area contributed by atoms with E-state index in [4.69, 9.17) is 16.1 Å². The second kappa shape index (κ2) is 8.00. The van der Waals surface area contributed by atoms with Crippen molar-refractivity contribution >= 4 is 27.3 Å². The van der Waals surface area contributed by atoms with Crippen LogP contribution in [-0.4, -0.2) is 41.9 Å². The molecular formula is C21H19ClN2O4S. The average Bonchev–Trinajstić information content (AvgIpc) is 3.34. The van der Waals surface area contributed by atoms with Gasteiger partial charge in [0.05, 0.1) is 11.5 Å². The van der Waals surface area contributed by atoms with Crippen LogP contribution in [0.15, 0.2) is 65.2 Å². The molecule has 0 N–H and O–H groups in total. The monoisotopic (exact) mass is 430 g/mol. The van der Waals surface area contributed by atoms with E-state index in [1.54, 1.807) is 35.2 Å². The molecule has 1 saturated heterocycles. The molecule has 1 aliphatic rings. The van der Waals surface area contributed by atoms with Crippen LogP contribution in [-0.2, 0) is 16.4 Å². The molecule has 150 valence electrons. The van der Waals surface area contributed by atoms with Crippen LogP contribution >= 0.6 is 11.6 Å². The van der Waals surface area contributed by atoms with Crippen molar-refractivity contribution in [2.75, 3.05) is 11.5 Å². The molecule has 0 radical (unpaired) electrons. The Bertz CT molecular complexity index is 1110. The maximum atomic E-state index is 13.2. The first-order valence-electron chi connectivity index (χ1n) is 9.19. The number of halogens is 1. The minimum Gasteiger partial charge on any atom is -0.355 e. The number of carbonyl (C=O) groups is 1. The van der Waals surface area contributed by atoms with Crippen molar-refractivity contribution in [3.63, 3.8) is 0 Å². The van der Waals surface area contributed by atoms with Crippen LogP contribution in [0.25, 0.3) is 11.3 Å². The van der Waals surface area contributed by atoms with Crippen LogP contribution in [0.4, 0.5) is 0 Å². The van der Waals surface area contributed by atoms with Crippen molar-refractivity contribution in [1.29, 1.82) is 0 Å². The Morgan fingerprint density at radius 2 is 1.86 bits per heavy atom. The molecule has 1 atom stereocenters. The molecule has 0 unspecified atom stereocenters. The van der Waals surface area contributed by atoms with Gasteiger partial charge in [-0.25, -0.2) is 8.42 Å². The molecule has 1 aliphatic heterocycles. The quantitative estimate of drug-likeness (QED) is 0.614. The average molecular weight is 431 g/mol. The summed E-state index contributed by atoms with van der Waals surface area (Å²) < 4.78 is 29.3. The van der Waals surface area contributed by atoms with Gasteiger partial charge in [-0.2, -0.15) is 0 Å². The number of sulfone groups is 1. The van der Waals surface area contributed by atoms with Gasteiger partial charge in [-0.05, 0) is 36.2 Å². The topological polar surface area (TPSA) is 80.5 Å². The van der Waals surface area contributed by atoms with Gasteiger partial charge in [-0.1, -0.05) is 47.1 Å². The highest BCUT2D eigenvalue weighted by atomic mass is 35.5. The number of rotatable bonds is 5. The number of nitrogens with zero attached hydrogens (tertiary/aromatic N) is 2. The predicted octanol–water partition coefficient (Wildman–Crippen LogP) is 3.82. The summed E-state index contributed by atoms with van der Waals surface area (Å²) in [6.07, 6.45) is 0.419. The number of aromatic nitrogens is 1. The van der Waals surface area contributed by atoms with Crippen LogP contribution in [0.5, 0.6) is 0 Å². The third-order valence-electron chi connectivity index (χ3n) is 4.96. The van der Waals surface area contributed by atoms with Crippen molar-refractivity contribution in [3.8, 4) is 11.3 Å². The minimum absolute atomic E-state index is 0.0343. The van der Waals surface area contributed by atoms with Crippen molar-refractivity contribution < 1.29 is 17.7 Å². The van der Waals surface area contributed by atoms with E-state index in [1.807, 2.05) is 30.3 Å². The summed E-state index contributed by atoms with van der Waals surface area (Å²) in [5, 5.41) is 4.53. The third kappa shape index (κ3) is 4.52. The minimum atomic E-state index is -3.14. The zero-order chi connectivity index (χ0) is 20.4. The van der Waals surface area contributed by atoms with E-state index < -0.39 is 9.84 Å². The van der Waals surface area contributed by atoms with Gasteiger partial charge in [0.1, 0.15) is 0 Å². The van der Waals surface area contributed by atoms with Crippen LogP contribution in [0.3, 0.4) is 0 Å². The lowest BCUT2D eigenvalue weighted by atomic mass is 10.1. The molecule has 1 aromatic heterocycles. The lowest BCUT2D eigenvalue weighted by Gasteiger charge is -2.27. The largest absolute Gasteiger partial charge is 0.355 e. The molecule has 6 nitrogen and oxygen atoms in total. The molecule has 0 spiro atoms. The summed E-state index contributed by atoms with van der Waals surface area (Å²) in [6.45, 7) is 0.309. The van der Waals surface area contributed by atoms with Crippen LogP contribution in [0, 0.1) is 0 Å². The van der Waals surface area contributed by atoms with Gasteiger partial charge in [0.25, 0.3) is 5.91 Å². The summed E-state index contributed by atoms with van der Waals surface area (Å²) in [5.41, 5.74) is 1.82. The van der Waals surface area contributed by atoms with Crippen LogP contribution < -0.4 is 0 Å². The molecule has 0 saturated carbocycles. The van der Waals surface area contributed by atoms with Crippen molar-refractivity contribution in [2.45, 2.75) is 19.0 Å². The SMILES string of the molecule is O=C(c1cc(-c2ccc(Cl)cc2)on1)N(Cc1ccccc1)[C@@H]1CCS(=O)(=O)C1. The van der Waals surface area contributed by atoms with Gasteiger partial charge >= 0.3 is 0 Å². The molecule has 0 bridgehead atoms. The van der Waals surface area contributed by atoms with E-state index in [0.29, 0.717) is 23.7 Å². The maximum absolute atomic E-state index is 13.2. The fourth-order valence-electron chi connectivity index (χ4n) is 3.44. The number of benzene rings is 2. The summed E-state index contributed by atoms with van der Waals surface area (Å²) in [6, 6.07) is 17.7. The molecule has 3 aromatic rings. The van der Waals surface area contributed by atoms with Gasteiger partial charge in [0, 0.05) is 29.2 Å². The highest BCUT2D eigenvalue weighted by Crippen LogP contribution is 2.26. The normalized spacial score (nSPS) is 17.9. The smallest absolute Gasteiger partial charge is 0.276 e. The Morgan fingerprint density at radius 1 is 1.14 bits per heavy atom. The Labute approximate surface area is 174 Å². The van der Waals surface area contributed by atoms with E-state index in [-0.39, 0.29) is 29.1 Å². The highest BCUT2D eigenvalue weighted by Gasteiger charge is 2.36. The van der Waals surface area contributed by atoms with Gasteiger partial charge in [0.15, 0.2) is 21.3 Å². The Morgan fingerprint density at radius 3 is 2.52 bits per heavy atom. The number of amides is 1. The zero-order valence-corrected chi connectivity index (χ0v) is 17.1. The Hall–Kier alpha value is -2.64. The van der Waals surface area contributed by atoms with Gasteiger partial charge < -0.3 is 9.42 Å². The molecule has 0 aliphatic carbocycles. The molecule has 1 fully saturated rings. The predicted molar refractivity (Wildman–Crippen MR) is 110 cm³/mol. The molecule has 1 amide bonds. The van der Waals surface area contributed by atoms with E-state index in [1.165, 1.54) is 0 Å². The van der Waals surface area contributed by atoms with E-state index in [9.17, 15) is 13.2 Å². The first-order valence-corrected chi connectivity index (χ1v) is 11.4. The summed E-state index contributed by atoms with van der Waals surface area (Å²) in [4.78, 5) is 14.8. The summed E-state index contributed by atoms with van der Waals surface area (Å²) in [7, 11) is -3.14. The Balaban J connectivity index is 1.62. The highest BCUT2D eigenvalue weighted by molar-refractivity contribution is 7.91. The molecule has 4 rings (SSSR count). The Kier molecular flexibility index (Phi) is 5.43. The standard InChI is InChI=1S/C21H19ClN2O4S/c22-17-8-6-16(7-9-17)20-12-19(23-28-20)21(25)24(13-15-4-2-1-3-5-15)18-10-11-29(26,27)14-18/h1-9,12,18H,10-11,13-14H2/t18-/m1/s1. The van der Waals surface area contributed by atoms with E-state index in [2.05, 4.69) is 5.16 Å². The van der Waals surface area contributed by atoms with Gasteiger partial charge in [-0.15, -0.1) is 0 Å². The number of hydrogen-bond donors (Lipinski definition) is 0. The fourth-order valence-corrected chi connectivity index (χ4v) is 5.30. The third-order valence-corrected chi connectivity index (χ3v) is 6.97. The van der Waals surface area contributed by atoms with Gasteiger partial charge in [0.2, 0.25) is 0 Å². The molecule has 2 aromatic carbocycles. The first kappa shape index (κ1) is 19.7. The second-order valence-corrected chi connectivity index (χ2v) is 9.72. The lowest BCUT2D eigenvalue weighted by Crippen LogP contribution is -2.40. The molecule has 29 heavy (non-hydrogen) atoms. The molecule has 8 heteroatoms. The number of hydrogen-bond acceptors (Lipinski definition) is 5. The van der Waals surface area contributed by atoms with Gasteiger partial charge in [-0.3, -0.25) is 4.79 Å². The zero-order valence-electron chi connectivity index (χ0n) is 15.5.